The Kier molecular flexibility index (Phi) is 3.71. The Hall–Kier alpha value is -2.79. The largest absolute Gasteiger partial charge is 0.479 e. The molecular formula is C10H6N2O6. The number of nitrogens with zero attached hydrogens (tertiary/aromatic N) is 2. The lowest BCUT2D eigenvalue weighted by Gasteiger charge is -2.08. The highest BCUT2D eigenvalue weighted by atomic mass is 16.6. The van der Waals surface area contributed by atoms with Crippen LogP contribution in [0.1, 0.15) is 27.6 Å². The average molecular weight is 250 g/mol. The first-order valence-electron chi connectivity index (χ1n) is 4.51. The quantitative estimate of drug-likeness (QED) is 0.447. The van der Waals surface area contributed by atoms with E-state index in [-0.39, 0.29) is 11.8 Å². The minimum Gasteiger partial charge on any atom is -0.479 e. The van der Waals surface area contributed by atoms with E-state index in [1.165, 1.54) is 0 Å². The van der Waals surface area contributed by atoms with Gasteiger partial charge in [-0.05, 0) is 12.1 Å². The highest BCUT2D eigenvalue weighted by molar-refractivity contribution is 5.88. The fourth-order valence-corrected chi connectivity index (χ4v) is 1.40. The van der Waals surface area contributed by atoms with Crippen LogP contribution in [0.5, 0.6) is 0 Å². The minimum atomic E-state index is -2.14. The van der Waals surface area contributed by atoms with Gasteiger partial charge in [0.05, 0.1) is 16.1 Å². The van der Waals surface area contributed by atoms with Crippen molar-refractivity contribution in [2.45, 2.75) is 6.10 Å². The topological polar surface area (TPSA) is 142 Å². The number of nitriles is 1. The summed E-state index contributed by atoms with van der Waals surface area (Å²) in [6, 6.07) is 3.55. The van der Waals surface area contributed by atoms with E-state index < -0.39 is 33.8 Å². The molecule has 18 heavy (non-hydrogen) atoms. The molecule has 0 amide bonds. The Morgan fingerprint density at radius 3 is 2.56 bits per heavy atom. The van der Waals surface area contributed by atoms with E-state index in [1.807, 2.05) is 0 Å². The molecule has 8 heteroatoms. The number of carbonyl (C=O) groups is 2. The second-order valence-corrected chi connectivity index (χ2v) is 3.19. The predicted octanol–water partition coefficient (Wildman–Crippen LogP) is 0.397. The predicted molar refractivity (Wildman–Crippen MR) is 55.8 cm³/mol. The lowest BCUT2D eigenvalue weighted by molar-refractivity contribution is -0.386. The molecule has 1 rings (SSSR count). The normalized spacial score (nSPS) is 11.3. The van der Waals surface area contributed by atoms with Crippen LogP contribution in [0, 0.1) is 21.4 Å². The van der Waals surface area contributed by atoms with E-state index >= 15 is 0 Å². The van der Waals surface area contributed by atoms with E-state index in [2.05, 4.69) is 0 Å². The third kappa shape index (κ3) is 2.16. The molecule has 0 spiro atoms. The zero-order chi connectivity index (χ0) is 13.9. The van der Waals surface area contributed by atoms with Gasteiger partial charge < -0.3 is 10.2 Å². The fraction of sp³-hybridized carbons (Fsp3) is 0.100. The summed E-state index contributed by atoms with van der Waals surface area (Å²) in [7, 11) is 0. The van der Waals surface area contributed by atoms with Crippen molar-refractivity contribution in [1.82, 2.24) is 0 Å². The highest BCUT2D eigenvalue weighted by Crippen LogP contribution is 2.30. The second-order valence-electron chi connectivity index (χ2n) is 3.19. The molecule has 0 heterocycles. The van der Waals surface area contributed by atoms with E-state index in [0.717, 1.165) is 12.1 Å². The number of nitro groups is 1. The van der Waals surface area contributed by atoms with Crippen LogP contribution in [0.4, 0.5) is 5.69 Å². The number of benzene rings is 1. The lowest BCUT2D eigenvalue weighted by atomic mass is 9.99. The summed E-state index contributed by atoms with van der Waals surface area (Å²) in [5, 5.41) is 37.4. The number of carbonyl (C=O) groups excluding carboxylic acids is 1. The molecule has 92 valence electrons. The summed E-state index contributed by atoms with van der Waals surface area (Å²) in [5.41, 5.74) is -2.24. The number of carboxylic acids is 1. The van der Waals surface area contributed by atoms with Crippen LogP contribution in [0.15, 0.2) is 12.1 Å². The highest BCUT2D eigenvalue weighted by Gasteiger charge is 2.30. The maximum Gasteiger partial charge on any atom is 0.337 e. The summed E-state index contributed by atoms with van der Waals surface area (Å²) in [6.07, 6.45) is -2.06. The van der Waals surface area contributed by atoms with Crippen LogP contribution in [-0.2, 0) is 4.79 Å². The Morgan fingerprint density at radius 1 is 1.56 bits per heavy atom. The first-order valence-corrected chi connectivity index (χ1v) is 4.51. The van der Waals surface area contributed by atoms with Crippen LogP contribution in [0.2, 0.25) is 0 Å². The number of aldehydes is 1. The van der Waals surface area contributed by atoms with Gasteiger partial charge in [0.25, 0.3) is 5.69 Å². The molecule has 0 saturated heterocycles. The standard InChI is InChI=1S/C10H6N2O6/c11-3-5-1-2-6(9(14)10(15)16)8(12(17)18)7(5)4-13/h1-2,4,9,14H,(H,15,16). The SMILES string of the molecule is N#Cc1ccc(C(O)C(=O)O)c([N+](=O)[O-])c1C=O. The molecule has 1 unspecified atom stereocenters. The molecule has 2 N–H and O–H groups in total. The van der Waals surface area contributed by atoms with Crippen LogP contribution >= 0.6 is 0 Å². The van der Waals surface area contributed by atoms with Crippen molar-refractivity contribution in [3.8, 4) is 6.07 Å². The summed E-state index contributed by atoms with van der Waals surface area (Å²) in [5.74, 6) is -1.69. The number of rotatable bonds is 4. The maximum absolute atomic E-state index is 10.8. The van der Waals surface area contributed by atoms with Gasteiger partial charge in [0, 0.05) is 0 Å². The summed E-state index contributed by atoms with van der Waals surface area (Å²) < 4.78 is 0. The van der Waals surface area contributed by atoms with E-state index in [4.69, 9.17) is 10.4 Å². The Balaban J connectivity index is 3.65. The fourth-order valence-electron chi connectivity index (χ4n) is 1.40. The first-order chi connectivity index (χ1) is 8.43. The molecule has 0 bridgehead atoms. The van der Waals surface area contributed by atoms with Gasteiger partial charge in [0.15, 0.2) is 12.4 Å². The summed E-state index contributed by atoms with van der Waals surface area (Å²) in [4.78, 5) is 31.2. The second kappa shape index (κ2) is 5.03. The molecule has 1 atom stereocenters. The molecule has 1 aromatic carbocycles. The number of carboxylic acid groups (broad SMARTS) is 1. The van der Waals surface area contributed by atoms with Gasteiger partial charge in [-0.3, -0.25) is 14.9 Å². The molecule has 0 aliphatic heterocycles. The zero-order valence-corrected chi connectivity index (χ0v) is 8.73. The van der Waals surface area contributed by atoms with E-state index in [0.29, 0.717) is 0 Å². The summed E-state index contributed by atoms with van der Waals surface area (Å²) in [6.45, 7) is 0. The molecule has 0 saturated carbocycles. The van der Waals surface area contributed by atoms with Crippen molar-refractivity contribution in [1.29, 1.82) is 5.26 Å². The minimum absolute atomic E-state index is 0.0781. The number of aliphatic carboxylic acids is 1. The monoisotopic (exact) mass is 250 g/mol. The van der Waals surface area contributed by atoms with Gasteiger partial charge in [0.1, 0.15) is 11.6 Å². The van der Waals surface area contributed by atoms with Crippen molar-refractivity contribution in [2.75, 3.05) is 0 Å². The van der Waals surface area contributed by atoms with Gasteiger partial charge >= 0.3 is 5.97 Å². The average Bonchev–Trinajstić information content (AvgIpc) is 2.35. The van der Waals surface area contributed by atoms with Crippen molar-refractivity contribution >= 4 is 17.9 Å². The molecule has 0 fully saturated rings. The van der Waals surface area contributed by atoms with Gasteiger partial charge in [-0.2, -0.15) is 5.26 Å². The number of nitro benzene ring substituents is 1. The zero-order valence-electron chi connectivity index (χ0n) is 8.73. The van der Waals surface area contributed by atoms with Crippen LogP contribution < -0.4 is 0 Å². The third-order valence-electron chi connectivity index (χ3n) is 2.20. The number of aliphatic hydroxyl groups is 1. The van der Waals surface area contributed by atoms with E-state index in [9.17, 15) is 24.8 Å². The van der Waals surface area contributed by atoms with Crippen molar-refractivity contribution in [2.24, 2.45) is 0 Å². The summed E-state index contributed by atoms with van der Waals surface area (Å²) >= 11 is 0. The number of hydrogen-bond acceptors (Lipinski definition) is 6. The Morgan fingerprint density at radius 2 is 2.17 bits per heavy atom. The molecule has 0 aliphatic carbocycles. The molecule has 8 nitrogen and oxygen atoms in total. The third-order valence-corrected chi connectivity index (χ3v) is 2.20. The molecule has 0 aliphatic rings. The molecule has 0 radical (unpaired) electrons. The van der Waals surface area contributed by atoms with Crippen LogP contribution in [0.3, 0.4) is 0 Å². The smallest absolute Gasteiger partial charge is 0.337 e. The van der Waals surface area contributed by atoms with E-state index in [1.54, 1.807) is 6.07 Å². The van der Waals surface area contributed by atoms with Crippen LogP contribution in [-0.4, -0.2) is 27.4 Å². The molecule has 0 aromatic heterocycles. The van der Waals surface area contributed by atoms with Gasteiger partial charge in [-0.15, -0.1) is 0 Å². The molecular weight excluding hydrogens is 244 g/mol. The van der Waals surface area contributed by atoms with Crippen molar-refractivity contribution < 1.29 is 24.7 Å². The van der Waals surface area contributed by atoms with Crippen LogP contribution in [0.25, 0.3) is 0 Å². The molecule has 1 aromatic rings. The maximum atomic E-state index is 10.8. The number of hydrogen-bond donors (Lipinski definition) is 2. The lowest BCUT2D eigenvalue weighted by Crippen LogP contribution is -2.14. The van der Waals surface area contributed by atoms with Gasteiger partial charge in [-0.25, -0.2) is 4.79 Å². The Labute approximate surface area is 99.8 Å². The Bertz CT molecular complexity index is 574. The number of aliphatic hydroxyl groups excluding tert-OH is 1. The first kappa shape index (κ1) is 13.3. The van der Waals surface area contributed by atoms with Crippen molar-refractivity contribution in [3.05, 3.63) is 38.9 Å². The van der Waals surface area contributed by atoms with Gasteiger partial charge in [0.2, 0.25) is 0 Å². The van der Waals surface area contributed by atoms with Crippen molar-refractivity contribution in [3.63, 3.8) is 0 Å². The van der Waals surface area contributed by atoms with Gasteiger partial charge in [-0.1, -0.05) is 0 Å².